The molecule has 0 spiro atoms. The van der Waals surface area contributed by atoms with Gasteiger partial charge in [0, 0.05) is 64.1 Å². The summed E-state index contributed by atoms with van der Waals surface area (Å²) in [6, 6.07) is 19.0. The van der Waals surface area contributed by atoms with E-state index in [1.165, 1.54) is 0 Å². The maximum absolute atomic E-state index is 16.3. The first-order chi connectivity index (χ1) is 23.3. The third kappa shape index (κ3) is 7.60. The van der Waals surface area contributed by atoms with Gasteiger partial charge in [-0.2, -0.15) is 0 Å². The molecular weight excluding hydrogens is 675 g/mol. The molecule has 8 nitrogen and oxygen atoms in total. The number of halogens is 2. The van der Waals surface area contributed by atoms with Gasteiger partial charge in [0.05, 0.1) is 25.6 Å². The molecule has 250 valence electrons. The van der Waals surface area contributed by atoms with Crippen molar-refractivity contribution in [3.63, 3.8) is 0 Å². The zero-order valence-electron chi connectivity index (χ0n) is 27.3. The number of pyridine rings is 2. The molecule has 6 rings (SSSR count). The maximum Gasteiger partial charge on any atom is 0.220 e. The van der Waals surface area contributed by atoms with E-state index in [0.717, 1.165) is 55.3 Å². The topological polar surface area (TPSA) is 102 Å². The third-order valence-electron chi connectivity index (χ3n) is 9.28. The van der Waals surface area contributed by atoms with Crippen LogP contribution in [0.3, 0.4) is 0 Å². The zero-order valence-corrected chi connectivity index (χ0v) is 28.9. The lowest BCUT2D eigenvalue weighted by molar-refractivity contribution is -0.119. The normalized spacial score (nSPS) is 17.5. The van der Waals surface area contributed by atoms with Gasteiger partial charge >= 0.3 is 0 Å². The molecule has 48 heavy (non-hydrogen) atoms. The van der Waals surface area contributed by atoms with Gasteiger partial charge < -0.3 is 20.1 Å². The molecule has 1 saturated carbocycles. The van der Waals surface area contributed by atoms with Crippen LogP contribution in [0.2, 0.25) is 0 Å². The van der Waals surface area contributed by atoms with Crippen LogP contribution in [0.15, 0.2) is 65.1 Å². The Hall–Kier alpha value is -4.15. The van der Waals surface area contributed by atoms with Crippen molar-refractivity contribution in [1.82, 2.24) is 20.6 Å². The van der Waals surface area contributed by atoms with Crippen LogP contribution in [-0.4, -0.2) is 48.5 Å². The fourth-order valence-corrected chi connectivity index (χ4v) is 7.38. The molecule has 2 fully saturated rings. The molecule has 2 aliphatic rings. The predicted octanol–water partition coefficient (Wildman–Crippen LogP) is 7.46. The van der Waals surface area contributed by atoms with Crippen molar-refractivity contribution in [2.24, 2.45) is 5.92 Å². The van der Waals surface area contributed by atoms with E-state index in [1.54, 1.807) is 26.4 Å². The molecule has 1 aliphatic heterocycles. The summed E-state index contributed by atoms with van der Waals surface area (Å²) in [5.74, 6) is 1.46. The predicted molar refractivity (Wildman–Crippen MR) is 187 cm³/mol. The molecule has 0 unspecified atom stereocenters. The van der Waals surface area contributed by atoms with Crippen LogP contribution in [0, 0.1) is 11.7 Å². The van der Waals surface area contributed by atoms with Crippen LogP contribution in [0.25, 0.3) is 33.6 Å². The number of amides is 1. The van der Waals surface area contributed by atoms with Crippen LogP contribution >= 0.6 is 15.9 Å². The Bertz CT molecular complexity index is 1680. The molecule has 4 aromatic rings. The molecule has 10 heteroatoms. The number of nitrogens with one attached hydrogen (secondary N) is 2. The van der Waals surface area contributed by atoms with Gasteiger partial charge in [-0.15, -0.1) is 0 Å². The van der Waals surface area contributed by atoms with E-state index in [0.29, 0.717) is 81.8 Å². The fraction of sp³-hybridized carbons (Fsp3) is 0.368. The van der Waals surface area contributed by atoms with Gasteiger partial charge in [0.25, 0.3) is 0 Å². The fourth-order valence-electron chi connectivity index (χ4n) is 6.70. The number of ketones is 1. The average molecular weight is 716 g/mol. The van der Waals surface area contributed by atoms with Crippen LogP contribution < -0.4 is 20.1 Å². The lowest BCUT2D eigenvalue weighted by Gasteiger charge is -2.15. The van der Waals surface area contributed by atoms with Gasteiger partial charge in [-0.05, 0) is 84.3 Å². The highest BCUT2D eigenvalue weighted by atomic mass is 79.9. The number of benzene rings is 2. The Morgan fingerprint density at radius 3 is 2.21 bits per heavy atom. The highest BCUT2D eigenvalue weighted by molar-refractivity contribution is 9.10. The molecule has 1 aliphatic carbocycles. The van der Waals surface area contributed by atoms with E-state index in [-0.39, 0.29) is 17.8 Å². The number of ether oxygens (including phenoxy) is 2. The van der Waals surface area contributed by atoms with Crippen molar-refractivity contribution in [2.45, 2.75) is 64.0 Å². The third-order valence-corrected chi connectivity index (χ3v) is 10.1. The summed E-state index contributed by atoms with van der Waals surface area (Å²) < 4.78 is 28.3. The van der Waals surface area contributed by atoms with Gasteiger partial charge in [-0.3, -0.25) is 9.59 Å². The maximum atomic E-state index is 16.3. The van der Waals surface area contributed by atoms with E-state index >= 15 is 4.39 Å². The lowest BCUT2D eigenvalue weighted by Crippen LogP contribution is -2.25. The standard InChI is InChI=1S/C38H40BrFN4O4/c1-47-37-24(6-3-7-26-15-19-34(46)42-26)13-17-33(44-37)31-11-5-9-29(36(31)40)28-8-4-10-30(35(28)39)32-18-14-25(38(43-32)48-2)22-41-21-23-12-16-27(45)20-23/h4-5,8-11,13-14,17-18,23,26,41H,3,6-7,12,15-16,19-22H2,1-2H3,(H,42,46)/t23-,26-/m0/s1. The van der Waals surface area contributed by atoms with E-state index in [1.807, 2.05) is 48.5 Å². The second-order valence-corrected chi connectivity index (χ2v) is 13.3. The first-order valence-electron chi connectivity index (χ1n) is 16.5. The molecule has 2 N–H and O–H groups in total. The number of hydrogen-bond donors (Lipinski definition) is 2. The van der Waals surface area contributed by atoms with Gasteiger partial charge in [0.2, 0.25) is 17.7 Å². The number of aromatic nitrogens is 2. The number of hydrogen-bond acceptors (Lipinski definition) is 7. The minimum absolute atomic E-state index is 0.122. The minimum Gasteiger partial charge on any atom is -0.481 e. The molecule has 3 heterocycles. The van der Waals surface area contributed by atoms with Gasteiger partial charge in [-0.1, -0.05) is 42.5 Å². The molecule has 2 aromatic heterocycles. The van der Waals surface area contributed by atoms with Gasteiger partial charge in [0.1, 0.15) is 11.6 Å². The SMILES string of the molecule is COc1nc(-c2cccc(-c3cccc(-c4ccc(CNC[C@H]5CCC(=O)C5)c(OC)n4)c3Br)c2F)ccc1CCC[C@H]1CCC(=O)N1. The van der Waals surface area contributed by atoms with E-state index in [4.69, 9.17) is 19.4 Å². The summed E-state index contributed by atoms with van der Waals surface area (Å²) in [6.07, 6.45) is 6.28. The number of aryl methyl sites for hydroxylation is 1. The number of Topliss-reactive ketones (excluding diaryl/α,β-unsaturated/α-hetero) is 1. The van der Waals surface area contributed by atoms with Crippen molar-refractivity contribution in [3.05, 3.63) is 82.1 Å². The van der Waals surface area contributed by atoms with Crippen molar-refractivity contribution < 1.29 is 23.5 Å². The first kappa shape index (κ1) is 33.7. The summed E-state index contributed by atoms with van der Waals surface area (Å²) in [5, 5.41) is 6.46. The van der Waals surface area contributed by atoms with Crippen LogP contribution in [0.4, 0.5) is 4.39 Å². The van der Waals surface area contributed by atoms with Gasteiger partial charge in [-0.25, -0.2) is 14.4 Å². The van der Waals surface area contributed by atoms with Crippen LogP contribution in [-0.2, 0) is 22.6 Å². The van der Waals surface area contributed by atoms with Crippen LogP contribution in [0.1, 0.15) is 56.1 Å². The van der Waals surface area contributed by atoms with Crippen LogP contribution in [0.5, 0.6) is 11.8 Å². The monoisotopic (exact) mass is 714 g/mol. The number of methoxy groups -OCH3 is 2. The Kier molecular flexibility index (Phi) is 10.8. The molecule has 2 atom stereocenters. The summed E-state index contributed by atoms with van der Waals surface area (Å²) in [4.78, 5) is 32.6. The molecule has 0 bridgehead atoms. The second kappa shape index (κ2) is 15.4. The number of nitrogens with zero attached hydrogens (tertiary/aromatic N) is 2. The summed E-state index contributed by atoms with van der Waals surface area (Å²) >= 11 is 3.76. The second-order valence-electron chi connectivity index (χ2n) is 12.5. The zero-order chi connectivity index (χ0) is 33.6. The smallest absolute Gasteiger partial charge is 0.220 e. The lowest BCUT2D eigenvalue weighted by atomic mass is 9.97. The largest absolute Gasteiger partial charge is 0.481 e. The van der Waals surface area contributed by atoms with Crippen molar-refractivity contribution >= 4 is 27.6 Å². The summed E-state index contributed by atoms with van der Waals surface area (Å²) in [6.45, 7) is 1.37. The molecule has 1 amide bonds. The summed E-state index contributed by atoms with van der Waals surface area (Å²) in [5.41, 5.74) is 5.36. The molecule has 2 aromatic carbocycles. The van der Waals surface area contributed by atoms with E-state index < -0.39 is 0 Å². The Balaban J connectivity index is 1.20. The van der Waals surface area contributed by atoms with Crippen molar-refractivity contribution in [2.75, 3.05) is 20.8 Å². The molecule has 1 saturated heterocycles. The quantitative estimate of drug-likeness (QED) is 0.148. The minimum atomic E-state index is -0.384. The summed E-state index contributed by atoms with van der Waals surface area (Å²) in [7, 11) is 3.18. The van der Waals surface area contributed by atoms with E-state index in [9.17, 15) is 9.59 Å². The number of carbonyl (C=O) groups is 2. The highest BCUT2D eigenvalue weighted by Gasteiger charge is 2.23. The Morgan fingerprint density at radius 2 is 1.52 bits per heavy atom. The Labute approximate surface area is 289 Å². The number of rotatable bonds is 13. The first-order valence-corrected chi connectivity index (χ1v) is 17.3. The van der Waals surface area contributed by atoms with Crippen molar-refractivity contribution in [3.8, 4) is 45.4 Å². The Morgan fingerprint density at radius 1 is 0.854 bits per heavy atom. The number of carbonyl (C=O) groups excluding carboxylic acids is 2. The molecular formula is C38H40BrFN4O4. The van der Waals surface area contributed by atoms with Crippen molar-refractivity contribution in [1.29, 1.82) is 0 Å². The van der Waals surface area contributed by atoms with E-state index in [2.05, 4.69) is 26.6 Å². The highest BCUT2D eigenvalue weighted by Crippen LogP contribution is 2.40. The average Bonchev–Trinajstić information content (AvgIpc) is 3.72. The van der Waals surface area contributed by atoms with Gasteiger partial charge in [0.15, 0.2) is 0 Å². The molecule has 0 radical (unpaired) electrons.